The van der Waals surface area contributed by atoms with Gasteiger partial charge in [-0.25, -0.2) is 13.8 Å². The summed E-state index contributed by atoms with van der Waals surface area (Å²) in [6.07, 6.45) is 1.66. The number of anilines is 1. The molecule has 0 bridgehead atoms. The number of thiazole rings is 1. The van der Waals surface area contributed by atoms with E-state index in [1.807, 2.05) is 5.38 Å². The number of halogens is 2. The molecular formula is C10H8F2N2S2. The van der Waals surface area contributed by atoms with E-state index in [4.69, 9.17) is 5.73 Å². The molecular weight excluding hydrogens is 250 g/mol. The minimum absolute atomic E-state index is 0.00981. The lowest BCUT2D eigenvalue weighted by Crippen LogP contribution is -1.93. The molecule has 0 radical (unpaired) electrons. The number of nitrogens with zero attached hydrogens (tertiary/aromatic N) is 1. The molecule has 0 fully saturated rings. The molecule has 0 saturated heterocycles. The van der Waals surface area contributed by atoms with Gasteiger partial charge >= 0.3 is 0 Å². The Morgan fingerprint density at radius 2 is 2.00 bits per heavy atom. The lowest BCUT2D eigenvalue weighted by molar-refractivity contribution is 0.542. The van der Waals surface area contributed by atoms with E-state index in [0.29, 0.717) is 5.75 Å². The lowest BCUT2D eigenvalue weighted by Gasteiger charge is -2.04. The van der Waals surface area contributed by atoms with Gasteiger partial charge in [0.15, 0.2) is 0 Å². The van der Waals surface area contributed by atoms with Crippen LogP contribution in [0.25, 0.3) is 0 Å². The van der Waals surface area contributed by atoms with Crippen LogP contribution in [-0.4, -0.2) is 4.98 Å². The molecule has 2 rings (SSSR count). The van der Waals surface area contributed by atoms with E-state index in [9.17, 15) is 8.78 Å². The minimum atomic E-state index is -0.626. The van der Waals surface area contributed by atoms with Crippen LogP contribution in [0.2, 0.25) is 0 Å². The van der Waals surface area contributed by atoms with Gasteiger partial charge in [-0.2, -0.15) is 0 Å². The summed E-state index contributed by atoms with van der Waals surface area (Å²) >= 11 is 2.54. The van der Waals surface area contributed by atoms with E-state index in [0.717, 1.165) is 28.9 Å². The third-order valence-corrected chi connectivity index (χ3v) is 3.90. The predicted molar refractivity (Wildman–Crippen MR) is 62.4 cm³/mol. The van der Waals surface area contributed by atoms with Crippen molar-refractivity contribution in [3.05, 3.63) is 40.4 Å². The van der Waals surface area contributed by atoms with E-state index >= 15 is 0 Å². The summed E-state index contributed by atoms with van der Waals surface area (Å²) in [6.45, 7) is 0. The van der Waals surface area contributed by atoms with Crippen LogP contribution in [0.15, 0.2) is 28.6 Å². The number of rotatable bonds is 3. The summed E-state index contributed by atoms with van der Waals surface area (Å²) in [7, 11) is 0. The molecule has 1 aromatic heterocycles. The molecule has 0 atom stereocenters. The largest absolute Gasteiger partial charge is 0.399 e. The van der Waals surface area contributed by atoms with Gasteiger partial charge in [0.05, 0.1) is 10.6 Å². The van der Waals surface area contributed by atoms with E-state index in [1.165, 1.54) is 11.3 Å². The molecule has 0 aliphatic heterocycles. The van der Waals surface area contributed by atoms with Crippen LogP contribution in [0.3, 0.4) is 0 Å². The zero-order valence-electron chi connectivity index (χ0n) is 8.11. The third-order valence-electron chi connectivity index (χ3n) is 1.84. The van der Waals surface area contributed by atoms with Gasteiger partial charge < -0.3 is 5.73 Å². The van der Waals surface area contributed by atoms with Crippen LogP contribution < -0.4 is 5.73 Å². The van der Waals surface area contributed by atoms with Crippen LogP contribution in [0.5, 0.6) is 0 Å². The highest BCUT2D eigenvalue weighted by Gasteiger charge is 2.11. The molecule has 6 heteroatoms. The van der Waals surface area contributed by atoms with Crippen molar-refractivity contribution in [2.75, 3.05) is 5.73 Å². The molecule has 0 unspecified atom stereocenters. The maximum Gasteiger partial charge on any atom is 0.141 e. The van der Waals surface area contributed by atoms with Gasteiger partial charge in [-0.15, -0.1) is 23.1 Å². The fourth-order valence-corrected chi connectivity index (χ4v) is 2.76. The Hall–Kier alpha value is -1.14. The molecule has 0 aliphatic carbocycles. The Balaban J connectivity index is 2.15. The summed E-state index contributed by atoms with van der Waals surface area (Å²) < 4.78 is 26.8. The average molecular weight is 258 g/mol. The first-order valence-electron chi connectivity index (χ1n) is 4.42. The summed E-state index contributed by atoms with van der Waals surface area (Å²) in [5, 5.41) is 2.66. The number of nitrogen functional groups attached to an aromatic ring is 1. The van der Waals surface area contributed by atoms with Gasteiger partial charge in [-0.05, 0) is 12.1 Å². The molecule has 2 aromatic rings. The highest BCUT2D eigenvalue weighted by molar-refractivity contribution is 7.98. The van der Waals surface area contributed by atoms with Crippen molar-refractivity contribution in [2.45, 2.75) is 10.6 Å². The van der Waals surface area contributed by atoms with Crippen LogP contribution >= 0.6 is 23.1 Å². The van der Waals surface area contributed by atoms with Gasteiger partial charge in [-0.1, -0.05) is 0 Å². The second kappa shape index (κ2) is 4.80. The zero-order chi connectivity index (χ0) is 11.5. The van der Waals surface area contributed by atoms with E-state index in [-0.39, 0.29) is 10.6 Å². The van der Waals surface area contributed by atoms with Crippen molar-refractivity contribution in [3.8, 4) is 0 Å². The Morgan fingerprint density at radius 1 is 1.31 bits per heavy atom. The summed E-state index contributed by atoms with van der Waals surface area (Å²) in [4.78, 5) is 4.03. The fraction of sp³-hybridized carbons (Fsp3) is 0.100. The molecule has 16 heavy (non-hydrogen) atoms. The minimum Gasteiger partial charge on any atom is -0.399 e. The standard InChI is InChI=1S/C10H8F2N2S2/c11-7-3-6(13)4-8(12)10(7)16-5-9-14-1-2-15-9/h1-4H,5,13H2. The molecule has 84 valence electrons. The Labute approximate surface area is 99.5 Å². The van der Waals surface area contributed by atoms with Gasteiger partial charge in [0, 0.05) is 17.3 Å². The average Bonchev–Trinajstić information content (AvgIpc) is 2.68. The highest BCUT2D eigenvalue weighted by Crippen LogP contribution is 2.30. The Morgan fingerprint density at radius 3 is 2.56 bits per heavy atom. The molecule has 0 amide bonds. The lowest BCUT2D eigenvalue weighted by atomic mass is 10.3. The second-order valence-electron chi connectivity index (χ2n) is 3.03. The number of thioether (sulfide) groups is 1. The van der Waals surface area contributed by atoms with Gasteiger partial charge in [0.25, 0.3) is 0 Å². The number of benzene rings is 1. The van der Waals surface area contributed by atoms with Crippen molar-refractivity contribution in [2.24, 2.45) is 0 Å². The molecule has 0 spiro atoms. The van der Waals surface area contributed by atoms with Crippen molar-refractivity contribution in [3.63, 3.8) is 0 Å². The van der Waals surface area contributed by atoms with Crippen molar-refractivity contribution in [1.82, 2.24) is 4.98 Å². The Kier molecular flexibility index (Phi) is 3.40. The first-order valence-corrected chi connectivity index (χ1v) is 6.29. The second-order valence-corrected chi connectivity index (χ2v) is 4.99. The monoisotopic (exact) mass is 258 g/mol. The molecule has 1 aromatic carbocycles. The third kappa shape index (κ3) is 2.51. The SMILES string of the molecule is Nc1cc(F)c(SCc2nccs2)c(F)c1. The van der Waals surface area contributed by atoms with Gasteiger partial charge in [0.2, 0.25) is 0 Å². The topological polar surface area (TPSA) is 38.9 Å². The maximum atomic E-state index is 13.4. The molecule has 1 heterocycles. The number of aromatic nitrogens is 1. The predicted octanol–water partition coefficient (Wildman–Crippen LogP) is 3.30. The number of nitrogens with two attached hydrogens (primary N) is 1. The summed E-state index contributed by atoms with van der Waals surface area (Å²) in [5.41, 5.74) is 5.41. The molecule has 0 saturated carbocycles. The van der Waals surface area contributed by atoms with Crippen molar-refractivity contribution >= 4 is 28.8 Å². The molecule has 2 nitrogen and oxygen atoms in total. The summed E-state index contributed by atoms with van der Waals surface area (Å²) in [6, 6.07) is 2.24. The van der Waals surface area contributed by atoms with E-state index in [2.05, 4.69) is 4.98 Å². The number of hydrogen-bond donors (Lipinski definition) is 1. The molecule has 0 aliphatic rings. The van der Waals surface area contributed by atoms with Crippen molar-refractivity contribution < 1.29 is 8.78 Å². The highest BCUT2D eigenvalue weighted by atomic mass is 32.2. The van der Waals surface area contributed by atoms with Crippen LogP contribution in [0.1, 0.15) is 5.01 Å². The molecule has 2 N–H and O–H groups in total. The van der Waals surface area contributed by atoms with E-state index in [1.54, 1.807) is 6.20 Å². The maximum absolute atomic E-state index is 13.4. The quantitative estimate of drug-likeness (QED) is 0.678. The Bertz CT molecular complexity index is 463. The van der Waals surface area contributed by atoms with Crippen LogP contribution in [0.4, 0.5) is 14.5 Å². The van der Waals surface area contributed by atoms with Crippen molar-refractivity contribution in [1.29, 1.82) is 0 Å². The number of hydrogen-bond acceptors (Lipinski definition) is 4. The first kappa shape index (κ1) is 11.3. The normalized spacial score (nSPS) is 10.6. The van der Waals surface area contributed by atoms with E-state index < -0.39 is 11.6 Å². The van der Waals surface area contributed by atoms with Crippen LogP contribution in [-0.2, 0) is 5.75 Å². The smallest absolute Gasteiger partial charge is 0.141 e. The van der Waals surface area contributed by atoms with Crippen LogP contribution in [0, 0.1) is 11.6 Å². The van der Waals surface area contributed by atoms with Gasteiger partial charge in [-0.3, -0.25) is 0 Å². The first-order chi connectivity index (χ1) is 7.66. The fourth-order valence-electron chi connectivity index (χ4n) is 1.18. The summed E-state index contributed by atoms with van der Waals surface area (Å²) in [5.74, 6) is -0.798. The van der Waals surface area contributed by atoms with Gasteiger partial charge in [0.1, 0.15) is 16.6 Å². The zero-order valence-corrected chi connectivity index (χ0v) is 9.75.